The highest BCUT2D eigenvalue weighted by molar-refractivity contribution is 4.41. The van der Waals surface area contributed by atoms with Crippen molar-refractivity contribution in [2.75, 3.05) is 252 Å². The van der Waals surface area contributed by atoms with Gasteiger partial charge in [0.2, 0.25) is 0 Å². The molecule has 0 unspecified atom stereocenters. The summed E-state index contributed by atoms with van der Waals surface area (Å²) in [5.74, 6) is 0. The molecule has 19 nitrogen and oxygen atoms in total. The van der Waals surface area contributed by atoms with Crippen LogP contribution in [0.4, 0.5) is 0 Å². The molecule has 0 amide bonds. The van der Waals surface area contributed by atoms with Gasteiger partial charge in [0, 0.05) is 13.7 Å². The molecule has 0 aliphatic rings. The van der Waals surface area contributed by atoms with Crippen molar-refractivity contribution in [3.8, 4) is 0 Å². The Morgan fingerprint density at radius 2 is 0.254 bits per heavy atom. The van der Waals surface area contributed by atoms with Gasteiger partial charge >= 0.3 is 0 Å². The van der Waals surface area contributed by atoms with Crippen molar-refractivity contribution < 1.29 is 90.0 Å². The lowest BCUT2D eigenvalue weighted by molar-refractivity contribution is -0.0311. The van der Waals surface area contributed by atoms with E-state index >= 15 is 0 Å². The van der Waals surface area contributed by atoms with E-state index in [1.165, 1.54) is 0 Å². The van der Waals surface area contributed by atoms with E-state index in [4.69, 9.17) is 90.0 Å². The fourth-order valence-electron chi connectivity index (χ4n) is 4.13. The molecule has 0 saturated heterocycles. The second kappa shape index (κ2) is 57.2. The van der Waals surface area contributed by atoms with Crippen molar-refractivity contribution in [2.45, 2.75) is 13.3 Å². The highest BCUT2D eigenvalue weighted by Crippen LogP contribution is 1.89. The summed E-state index contributed by atoms with van der Waals surface area (Å²) in [6, 6.07) is 0. The minimum atomic E-state index is 0.498. The van der Waals surface area contributed by atoms with E-state index < -0.39 is 0 Å². The van der Waals surface area contributed by atoms with Gasteiger partial charge in [-0.1, -0.05) is 6.92 Å². The van der Waals surface area contributed by atoms with Crippen LogP contribution in [0.1, 0.15) is 13.3 Å². The van der Waals surface area contributed by atoms with Gasteiger partial charge in [0.15, 0.2) is 0 Å². The van der Waals surface area contributed by atoms with Crippen molar-refractivity contribution in [1.82, 2.24) is 0 Å². The average molecular weight is 867 g/mol. The van der Waals surface area contributed by atoms with Crippen LogP contribution in [0.5, 0.6) is 0 Å². The topological polar surface area (TPSA) is 175 Å². The smallest absolute Gasteiger partial charge is 0.0701 e. The van der Waals surface area contributed by atoms with E-state index in [9.17, 15) is 0 Å². The first-order valence-electron chi connectivity index (χ1n) is 21.3. The summed E-state index contributed by atoms with van der Waals surface area (Å²) in [6.45, 7) is 21.7. The monoisotopic (exact) mass is 867 g/mol. The van der Waals surface area contributed by atoms with Gasteiger partial charge in [-0.25, -0.2) is 0 Å². The Hall–Kier alpha value is -0.760. The second-order valence-corrected chi connectivity index (χ2v) is 12.0. The van der Waals surface area contributed by atoms with E-state index in [2.05, 4.69) is 6.92 Å². The lowest BCUT2D eigenvalue weighted by atomic mass is 10.5. The molecule has 0 aromatic heterocycles. The molecular weight excluding hydrogens is 784 g/mol. The molecule has 0 heterocycles. The third-order valence-corrected chi connectivity index (χ3v) is 7.10. The normalized spacial score (nSPS) is 11.7. The Morgan fingerprint density at radius 1 is 0.153 bits per heavy atom. The van der Waals surface area contributed by atoms with Crippen LogP contribution in [0.3, 0.4) is 0 Å². The third-order valence-electron chi connectivity index (χ3n) is 7.10. The zero-order valence-electron chi connectivity index (χ0n) is 36.6. The van der Waals surface area contributed by atoms with Gasteiger partial charge in [-0.3, -0.25) is 0 Å². The fraction of sp³-hybridized carbons (Fsp3) is 1.00. The summed E-state index contributed by atoms with van der Waals surface area (Å²) < 4.78 is 103. The Morgan fingerprint density at radius 3 is 0.356 bits per heavy atom. The molecule has 0 spiro atoms. The molecule has 59 heavy (non-hydrogen) atoms. The van der Waals surface area contributed by atoms with Crippen LogP contribution < -0.4 is 0 Å². The summed E-state index contributed by atoms with van der Waals surface area (Å²) in [7, 11) is 1.64. The van der Waals surface area contributed by atoms with E-state index in [-0.39, 0.29) is 0 Å². The molecular formula is C40H82O19. The number of hydrogen-bond acceptors (Lipinski definition) is 19. The molecule has 0 bridgehead atoms. The van der Waals surface area contributed by atoms with Crippen LogP contribution in [0.15, 0.2) is 0 Å². The van der Waals surface area contributed by atoms with Crippen molar-refractivity contribution in [3.63, 3.8) is 0 Å². The third kappa shape index (κ3) is 57.2. The Balaban J connectivity index is 3.06. The highest BCUT2D eigenvalue weighted by Gasteiger charge is 1.98. The summed E-state index contributed by atoms with van der Waals surface area (Å²) in [5.41, 5.74) is 0. The van der Waals surface area contributed by atoms with Gasteiger partial charge < -0.3 is 90.0 Å². The van der Waals surface area contributed by atoms with E-state index in [0.29, 0.717) is 238 Å². The van der Waals surface area contributed by atoms with Gasteiger partial charge in [-0.15, -0.1) is 0 Å². The van der Waals surface area contributed by atoms with Gasteiger partial charge in [-0.2, -0.15) is 0 Å². The lowest BCUT2D eigenvalue weighted by Crippen LogP contribution is -2.16. The highest BCUT2D eigenvalue weighted by atomic mass is 16.6. The SMILES string of the molecule is CCCOCCOCCOCCOCCOCCOCCOCCOCCOCCOCCOCCOCCOCCOCCOCCOCCOCCOCCOC. The zero-order valence-corrected chi connectivity index (χ0v) is 36.6. The quantitative estimate of drug-likeness (QED) is 0.0801. The van der Waals surface area contributed by atoms with Crippen LogP contribution in [0.25, 0.3) is 0 Å². The Bertz CT molecular complexity index is 662. The first-order chi connectivity index (χ1) is 29.4. The largest absolute Gasteiger partial charge is 0.382 e. The van der Waals surface area contributed by atoms with Gasteiger partial charge in [0.05, 0.1) is 238 Å². The van der Waals surface area contributed by atoms with Gasteiger partial charge in [0.1, 0.15) is 0 Å². The molecule has 0 rings (SSSR count). The van der Waals surface area contributed by atoms with E-state index in [1.807, 2.05) is 0 Å². The van der Waals surface area contributed by atoms with E-state index in [0.717, 1.165) is 13.0 Å². The van der Waals surface area contributed by atoms with Crippen LogP contribution in [0.2, 0.25) is 0 Å². The van der Waals surface area contributed by atoms with Gasteiger partial charge in [0.25, 0.3) is 0 Å². The molecule has 0 radical (unpaired) electrons. The van der Waals surface area contributed by atoms with Crippen LogP contribution in [0, 0.1) is 0 Å². The van der Waals surface area contributed by atoms with Crippen molar-refractivity contribution in [1.29, 1.82) is 0 Å². The standard InChI is InChI=1S/C40H82O19/c1-3-4-42-7-8-44-11-12-46-15-16-48-19-20-50-23-24-52-27-28-54-31-32-56-35-36-58-39-40-59-38-37-57-34-33-55-30-29-53-26-25-51-22-21-49-18-17-47-14-13-45-10-9-43-6-5-41-2/h3-40H2,1-2H3. The Labute approximate surface area is 354 Å². The minimum Gasteiger partial charge on any atom is -0.382 e. The maximum atomic E-state index is 5.51. The first-order valence-corrected chi connectivity index (χ1v) is 21.3. The molecule has 0 aromatic rings. The maximum absolute atomic E-state index is 5.51. The van der Waals surface area contributed by atoms with Crippen molar-refractivity contribution >= 4 is 0 Å². The Kier molecular flexibility index (Phi) is 56.5. The number of ether oxygens (including phenoxy) is 19. The molecule has 19 heteroatoms. The summed E-state index contributed by atoms with van der Waals surface area (Å²) >= 11 is 0. The molecule has 0 aliphatic carbocycles. The molecule has 0 atom stereocenters. The van der Waals surface area contributed by atoms with Crippen LogP contribution >= 0.6 is 0 Å². The summed E-state index contributed by atoms with van der Waals surface area (Å²) in [6.07, 6.45) is 1.02. The summed E-state index contributed by atoms with van der Waals surface area (Å²) in [4.78, 5) is 0. The molecule has 0 aromatic carbocycles. The molecule has 0 fully saturated rings. The number of methoxy groups -OCH3 is 1. The predicted octanol–water partition coefficient (Wildman–Crippen LogP) is 1.34. The van der Waals surface area contributed by atoms with Crippen LogP contribution in [-0.2, 0) is 90.0 Å². The predicted molar refractivity (Wildman–Crippen MR) is 217 cm³/mol. The fourth-order valence-corrected chi connectivity index (χ4v) is 4.13. The number of rotatable bonds is 56. The molecule has 356 valence electrons. The second-order valence-electron chi connectivity index (χ2n) is 12.0. The minimum absolute atomic E-state index is 0.498. The average Bonchev–Trinajstić information content (AvgIpc) is 3.25. The molecule has 0 N–H and O–H groups in total. The number of hydrogen-bond donors (Lipinski definition) is 0. The lowest BCUT2D eigenvalue weighted by Gasteiger charge is -2.09. The van der Waals surface area contributed by atoms with Crippen LogP contribution in [-0.4, -0.2) is 252 Å². The maximum Gasteiger partial charge on any atom is 0.0701 e. The van der Waals surface area contributed by atoms with Crippen molar-refractivity contribution in [2.24, 2.45) is 0 Å². The molecule has 0 saturated carbocycles. The van der Waals surface area contributed by atoms with Gasteiger partial charge in [-0.05, 0) is 6.42 Å². The summed E-state index contributed by atoms with van der Waals surface area (Å²) in [5, 5.41) is 0. The first kappa shape index (κ1) is 58.2. The van der Waals surface area contributed by atoms with Crippen molar-refractivity contribution in [3.05, 3.63) is 0 Å². The molecule has 0 aliphatic heterocycles. The van der Waals surface area contributed by atoms with E-state index in [1.54, 1.807) is 7.11 Å². The zero-order chi connectivity index (χ0) is 42.3.